The second kappa shape index (κ2) is 6.74. The SMILES string of the molecule is COC(=O)[C@H]1CCCCN1C(=O)CCn1nc(C)cc1C. The van der Waals surface area contributed by atoms with Crippen molar-refractivity contribution in [1.29, 1.82) is 0 Å². The normalized spacial score (nSPS) is 18.6. The van der Waals surface area contributed by atoms with Gasteiger partial charge in [-0.3, -0.25) is 9.48 Å². The number of amides is 1. The summed E-state index contributed by atoms with van der Waals surface area (Å²) >= 11 is 0. The third kappa shape index (κ3) is 3.62. The molecule has 0 spiro atoms. The molecule has 116 valence electrons. The summed E-state index contributed by atoms with van der Waals surface area (Å²) < 4.78 is 6.64. The largest absolute Gasteiger partial charge is 0.467 e. The van der Waals surface area contributed by atoms with Crippen LogP contribution in [0.1, 0.15) is 37.1 Å². The van der Waals surface area contributed by atoms with E-state index in [0.29, 0.717) is 25.9 Å². The van der Waals surface area contributed by atoms with E-state index in [1.165, 1.54) is 7.11 Å². The van der Waals surface area contributed by atoms with Gasteiger partial charge in [0.1, 0.15) is 6.04 Å². The highest BCUT2D eigenvalue weighted by atomic mass is 16.5. The smallest absolute Gasteiger partial charge is 0.328 e. The Balaban J connectivity index is 1.97. The molecule has 0 N–H and O–H groups in total. The van der Waals surface area contributed by atoms with Gasteiger partial charge in [-0.1, -0.05) is 0 Å². The Bertz CT molecular complexity index is 524. The Hall–Kier alpha value is -1.85. The molecule has 6 heteroatoms. The minimum absolute atomic E-state index is 0.00217. The molecule has 1 atom stereocenters. The van der Waals surface area contributed by atoms with Crippen LogP contribution in [0.3, 0.4) is 0 Å². The first-order chi connectivity index (χ1) is 10.0. The van der Waals surface area contributed by atoms with E-state index in [4.69, 9.17) is 4.74 Å². The zero-order chi connectivity index (χ0) is 15.4. The number of carbonyl (C=O) groups is 2. The molecule has 0 bridgehead atoms. The van der Waals surface area contributed by atoms with Gasteiger partial charge in [-0.25, -0.2) is 4.79 Å². The van der Waals surface area contributed by atoms with Crippen LogP contribution in [0, 0.1) is 13.8 Å². The van der Waals surface area contributed by atoms with E-state index < -0.39 is 6.04 Å². The summed E-state index contributed by atoms with van der Waals surface area (Å²) in [5, 5.41) is 4.35. The van der Waals surface area contributed by atoms with Crippen molar-refractivity contribution in [3.8, 4) is 0 Å². The third-order valence-corrected chi connectivity index (χ3v) is 3.94. The average molecular weight is 293 g/mol. The van der Waals surface area contributed by atoms with Crippen molar-refractivity contribution < 1.29 is 14.3 Å². The molecule has 0 saturated carbocycles. The van der Waals surface area contributed by atoms with Crippen molar-refractivity contribution in [3.05, 3.63) is 17.5 Å². The van der Waals surface area contributed by atoms with Crippen molar-refractivity contribution >= 4 is 11.9 Å². The number of likely N-dealkylation sites (tertiary alicyclic amines) is 1. The quantitative estimate of drug-likeness (QED) is 0.788. The number of nitrogens with zero attached hydrogens (tertiary/aromatic N) is 3. The molecular weight excluding hydrogens is 270 g/mol. The van der Waals surface area contributed by atoms with Gasteiger partial charge in [-0.2, -0.15) is 5.10 Å². The fourth-order valence-corrected chi connectivity index (χ4v) is 2.86. The van der Waals surface area contributed by atoms with Crippen molar-refractivity contribution in [2.45, 2.75) is 52.1 Å². The lowest BCUT2D eigenvalue weighted by atomic mass is 10.0. The van der Waals surface area contributed by atoms with Crippen LogP contribution in [0.25, 0.3) is 0 Å². The molecule has 0 aromatic carbocycles. The van der Waals surface area contributed by atoms with Crippen LogP contribution in [-0.2, 0) is 20.9 Å². The summed E-state index contributed by atoms with van der Waals surface area (Å²) in [5.74, 6) is -0.313. The van der Waals surface area contributed by atoms with Gasteiger partial charge in [-0.05, 0) is 39.2 Å². The fraction of sp³-hybridized carbons (Fsp3) is 0.667. The van der Waals surface area contributed by atoms with E-state index in [1.54, 1.807) is 4.90 Å². The number of esters is 1. The van der Waals surface area contributed by atoms with E-state index in [2.05, 4.69) is 5.10 Å². The van der Waals surface area contributed by atoms with E-state index in [0.717, 1.165) is 24.2 Å². The molecule has 1 aliphatic rings. The van der Waals surface area contributed by atoms with Crippen LogP contribution in [0.2, 0.25) is 0 Å². The maximum Gasteiger partial charge on any atom is 0.328 e. The summed E-state index contributed by atoms with van der Waals surface area (Å²) in [5.41, 5.74) is 1.99. The molecule has 1 aromatic rings. The number of rotatable bonds is 4. The van der Waals surface area contributed by atoms with Crippen molar-refractivity contribution in [2.75, 3.05) is 13.7 Å². The Kier molecular flexibility index (Phi) is 4.98. The lowest BCUT2D eigenvalue weighted by molar-refractivity contribution is -0.154. The summed E-state index contributed by atoms with van der Waals surface area (Å²) in [6.07, 6.45) is 2.95. The molecule has 1 aromatic heterocycles. The minimum Gasteiger partial charge on any atom is -0.467 e. The highest BCUT2D eigenvalue weighted by molar-refractivity contribution is 5.84. The summed E-state index contributed by atoms with van der Waals surface area (Å²) in [6.45, 7) is 5.09. The number of hydrogen-bond donors (Lipinski definition) is 0. The van der Waals surface area contributed by atoms with Crippen LogP contribution in [0.4, 0.5) is 0 Å². The van der Waals surface area contributed by atoms with Gasteiger partial charge in [0.05, 0.1) is 12.8 Å². The van der Waals surface area contributed by atoms with Crippen molar-refractivity contribution in [1.82, 2.24) is 14.7 Å². The van der Waals surface area contributed by atoms with Crippen LogP contribution in [0.15, 0.2) is 6.07 Å². The van der Waals surface area contributed by atoms with Crippen LogP contribution in [-0.4, -0.2) is 46.3 Å². The van der Waals surface area contributed by atoms with Crippen molar-refractivity contribution in [2.24, 2.45) is 0 Å². The second-order valence-corrected chi connectivity index (χ2v) is 5.52. The Morgan fingerprint density at radius 2 is 2.14 bits per heavy atom. The fourth-order valence-electron chi connectivity index (χ4n) is 2.86. The van der Waals surface area contributed by atoms with E-state index in [-0.39, 0.29) is 11.9 Å². The molecule has 0 aliphatic carbocycles. The first kappa shape index (κ1) is 15.5. The third-order valence-electron chi connectivity index (χ3n) is 3.94. The van der Waals surface area contributed by atoms with E-state index >= 15 is 0 Å². The molecule has 1 aliphatic heterocycles. The molecular formula is C15H23N3O3. The van der Waals surface area contributed by atoms with Crippen molar-refractivity contribution in [3.63, 3.8) is 0 Å². The average Bonchev–Trinajstić information content (AvgIpc) is 2.81. The zero-order valence-corrected chi connectivity index (χ0v) is 13.0. The lowest BCUT2D eigenvalue weighted by Gasteiger charge is -2.33. The van der Waals surface area contributed by atoms with Gasteiger partial charge < -0.3 is 9.64 Å². The number of ether oxygens (including phenoxy) is 1. The summed E-state index contributed by atoms with van der Waals surface area (Å²) in [7, 11) is 1.37. The number of aryl methyl sites for hydroxylation is 3. The Morgan fingerprint density at radius 3 is 2.76 bits per heavy atom. The first-order valence-electron chi connectivity index (χ1n) is 7.41. The highest BCUT2D eigenvalue weighted by Gasteiger charge is 2.32. The van der Waals surface area contributed by atoms with Gasteiger partial charge in [0.2, 0.25) is 5.91 Å². The van der Waals surface area contributed by atoms with Crippen LogP contribution < -0.4 is 0 Å². The molecule has 1 saturated heterocycles. The predicted molar refractivity (Wildman–Crippen MR) is 77.7 cm³/mol. The number of aromatic nitrogens is 2. The monoisotopic (exact) mass is 293 g/mol. The maximum absolute atomic E-state index is 12.4. The molecule has 21 heavy (non-hydrogen) atoms. The van der Waals surface area contributed by atoms with E-state index in [9.17, 15) is 9.59 Å². The van der Waals surface area contributed by atoms with Crippen LogP contribution >= 0.6 is 0 Å². The second-order valence-electron chi connectivity index (χ2n) is 5.52. The number of hydrogen-bond acceptors (Lipinski definition) is 4. The van der Waals surface area contributed by atoms with Gasteiger partial charge in [0, 0.05) is 25.2 Å². The molecule has 0 unspecified atom stereocenters. The maximum atomic E-state index is 12.4. The zero-order valence-electron chi connectivity index (χ0n) is 13.0. The lowest BCUT2D eigenvalue weighted by Crippen LogP contribution is -2.48. The molecule has 1 fully saturated rings. The summed E-state index contributed by atoms with van der Waals surface area (Å²) in [4.78, 5) is 25.8. The molecule has 2 rings (SSSR count). The predicted octanol–water partition coefficient (Wildman–Crippen LogP) is 1.44. The highest BCUT2D eigenvalue weighted by Crippen LogP contribution is 2.19. The molecule has 0 radical (unpaired) electrons. The summed E-state index contributed by atoms with van der Waals surface area (Å²) in [6, 6.07) is 1.57. The number of carbonyl (C=O) groups excluding carboxylic acids is 2. The van der Waals surface area contributed by atoms with Gasteiger partial charge in [0.15, 0.2) is 0 Å². The number of piperidine rings is 1. The standard InChI is InChI=1S/C15H23N3O3/c1-11-10-12(2)18(16-11)9-7-14(19)17-8-5-4-6-13(17)15(20)21-3/h10,13H,4-9H2,1-3H3/t13-/m1/s1. The van der Waals surface area contributed by atoms with Gasteiger partial charge in [-0.15, -0.1) is 0 Å². The topological polar surface area (TPSA) is 64.4 Å². The van der Waals surface area contributed by atoms with Gasteiger partial charge >= 0.3 is 5.97 Å². The Morgan fingerprint density at radius 1 is 1.38 bits per heavy atom. The van der Waals surface area contributed by atoms with E-state index in [1.807, 2.05) is 24.6 Å². The Labute approximate surface area is 125 Å². The molecule has 2 heterocycles. The first-order valence-corrected chi connectivity index (χ1v) is 7.41. The minimum atomic E-state index is -0.420. The molecule has 6 nitrogen and oxygen atoms in total. The van der Waals surface area contributed by atoms with Gasteiger partial charge in [0.25, 0.3) is 0 Å². The molecule has 1 amide bonds. The van der Waals surface area contributed by atoms with Crippen LogP contribution in [0.5, 0.6) is 0 Å². The number of methoxy groups -OCH3 is 1.